The number of nitrogens with zero attached hydrogens (tertiary/aromatic N) is 2. The molecule has 100 valence electrons. The highest BCUT2D eigenvalue weighted by atomic mass is 16.5. The zero-order valence-electron chi connectivity index (χ0n) is 10.4. The summed E-state index contributed by atoms with van der Waals surface area (Å²) in [5.41, 5.74) is 1.75. The average Bonchev–Trinajstić information content (AvgIpc) is 2.37. The van der Waals surface area contributed by atoms with Crippen LogP contribution < -0.4 is 16.6 Å². The zero-order chi connectivity index (χ0) is 13.0. The van der Waals surface area contributed by atoms with Gasteiger partial charge in [-0.1, -0.05) is 0 Å². The summed E-state index contributed by atoms with van der Waals surface area (Å²) >= 11 is 0. The van der Waals surface area contributed by atoms with Gasteiger partial charge >= 0.3 is 0 Å². The number of aliphatic hydroxyl groups is 1. The van der Waals surface area contributed by atoms with Crippen LogP contribution in [0.1, 0.15) is 18.7 Å². The van der Waals surface area contributed by atoms with E-state index in [1.54, 1.807) is 13.0 Å². The van der Waals surface area contributed by atoms with Crippen LogP contribution in [0.15, 0.2) is 6.07 Å². The van der Waals surface area contributed by atoms with Crippen molar-refractivity contribution < 1.29 is 9.84 Å². The van der Waals surface area contributed by atoms with Crippen LogP contribution in [0.5, 0.6) is 0 Å². The van der Waals surface area contributed by atoms with E-state index in [1.165, 1.54) is 0 Å². The molecule has 2 heterocycles. The van der Waals surface area contributed by atoms with Gasteiger partial charge in [0, 0.05) is 38.7 Å². The minimum Gasteiger partial charge on any atom is -0.388 e. The van der Waals surface area contributed by atoms with Crippen molar-refractivity contribution in [1.82, 2.24) is 9.97 Å². The third kappa shape index (κ3) is 3.28. The Morgan fingerprint density at radius 1 is 1.39 bits per heavy atom. The Labute approximate surface area is 106 Å². The van der Waals surface area contributed by atoms with Crippen molar-refractivity contribution in [2.24, 2.45) is 5.84 Å². The van der Waals surface area contributed by atoms with Gasteiger partial charge < -0.3 is 20.6 Å². The Bertz CT molecular complexity index is 406. The Balaban J connectivity index is 1.98. The van der Waals surface area contributed by atoms with Crippen LogP contribution in [0.2, 0.25) is 0 Å². The van der Waals surface area contributed by atoms with Crippen LogP contribution in [-0.4, -0.2) is 40.4 Å². The first-order valence-corrected chi connectivity index (χ1v) is 5.98. The number of nitrogens with one attached hydrogen (secondary N) is 2. The van der Waals surface area contributed by atoms with Gasteiger partial charge in [-0.05, 0) is 6.92 Å². The van der Waals surface area contributed by atoms with Crippen LogP contribution in [0.4, 0.5) is 11.6 Å². The maximum absolute atomic E-state index is 10.3. The van der Waals surface area contributed by atoms with Gasteiger partial charge in [0.15, 0.2) is 0 Å². The molecule has 1 aliphatic rings. The number of nitrogen functional groups attached to an aromatic ring is 1. The summed E-state index contributed by atoms with van der Waals surface area (Å²) in [4.78, 5) is 8.33. The van der Waals surface area contributed by atoms with Gasteiger partial charge in [-0.2, -0.15) is 0 Å². The quantitative estimate of drug-likeness (QED) is 0.443. The number of nitrogens with two attached hydrogens (primary N) is 1. The summed E-state index contributed by atoms with van der Waals surface area (Å²) in [6, 6.07) is 1.70. The van der Waals surface area contributed by atoms with Crippen molar-refractivity contribution >= 4 is 11.6 Å². The predicted molar refractivity (Wildman–Crippen MR) is 68.1 cm³/mol. The Hall–Kier alpha value is -1.44. The SMILES string of the molecule is Cc1nc(NN)cc(NCC2(O)CCOCC2)n1. The highest BCUT2D eigenvalue weighted by Gasteiger charge is 2.29. The summed E-state index contributed by atoms with van der Waals surface area (Å²) < 4.78 is 5.23. The molecule has 7 heteroatoms. The average molecular weight is 253 g/mol. The second kappa shape index (κ2) is 5.47. The monoisotopic (exact) mass is 253 g/mol. The number of ether oxygens (including phenoxy) is 1. The molecule has 1 aromatic rings. The van der Waals surface area contributed by atoms with E-state index in [9.17, 15) is 5.11 Å². The van der Waals surface area contributed by atoms with Gasteiger partial charge in [0.05, 0.1) is 5.60 Å². The molecule has 7 nitrogen and oxygen atoms in total. The fraction of sp³-hybridized carbons (Fsp3) is 0.636. The lowest BCUT2D eigenvalue weighted by Crippen LogP contribution is -2.42. The first-order valence-electron chi connectivity index (χ1n) is 5.98. The largest absolute Gasteiger partial charge is 0.388 e. The van der Waals surface area contributed by atoms with Gasteiger partial charge in [-0.15, -0.1) is 0 Å². The van der Waals surface area contributed by atoms with E-state index in [4.69, 9.17) is 10.6 Å². The van der Waals surface area contributed by atoms with Gasteiger partial charge in [0.25, 0.3) is 0 Å². The van der Waals surface area contributed by atoms with Crippen molar-refractivity contribution in [2.45, 2.75) is 25.4 Å². The number of hydrazine groups is 1. The summed E-state index contributed by atoms with van der Waals surface area (Å²) in [6.45, 7) is 3.42. The van der Waals surface area contributed by atoms with Crippen LogP contribution in [0, 0.1) is 6.92 Å². The van der Waals surface area contributed by atoms with Gasteiger partial charge in [-0.25, -0.2) is 15.8 Å². The number of aromatic nitrogens is 2. The summed E-state index contributed by atoms with van der Waals surface area (Å²) in [7, 11) is 0. The number of hydrogen-bond acceptors (Lipinski definition) is 7. The molecule has 0 atom stereocenters. The molecule has 0 aromatic carbocycles. The van der Waals surface area contributed by atoms with Gasteiger partial charge in [0.2, 0.25) is 0 Å². The third-order valence-corrected chi connectivity index (χ3v) is 3.01. The first-order chi connectivity index (χ1) is 8.61. The lowest BCUT2D eigenvalue weighted by molar-refractivity contribution is -0.0543. The van der Waals surface area contributed by atoms with Crippen LogP contribution in [-0.2, 0) is 4.74 Å². The molecule has 0 bridgehead atoms. The predicted octanol–water partition coefficient (Wildman–Crippen LogP) is 0.0240. The first kappa shape index (κ1) is 13.0. The smallest absolute Gasteiger partial charge is 0.145 e. The van der Waals surface area contributed by atoms with E-state index in [0.717, 1.165) is 0 Å². The molecule has 1 aliphatic heterocycles. The molecule has 1 fully saturated rings. The van der Waals surface area contributed by atoms with E-state index < -0.39 is 5.60 Å². The van der Waals surface area contributed by atoms with Crippen molar-refractivity contribution in [3.8, 4) is 0 Å². The molecular weight excluding hydrogens is 234 g/mol. The normalized spacial score (nSPS) is 18.4. The van der Waals surface area contributed by atoms with E-state index in [2.05, 4.69) is 20.7 Å². The molecule has 0 radical (unpaired) electrons. The van der Waals surface area contributed by atoms with E-state index >= 15 is 0 Å². The van der Waals surface area contributed by atoms with Crippen molar-refractivity contribution in [3.63, 3.8) is 0 Å². The van der Waals surface area contributed by atoms with Crippen LogP contribution in [0.25, 0.3) is 0 Å². The molecule has 0 aliphatic carbocycles. The minimum atomic E-state index is -0.729. The fourth-order valence-corrected chi connectivity index (χ4v) is 1.92. The highest BCUT2D eigenvalue weighted by Crippen LogP contribution is 2.21. The maximum Gasteiger partial charge on any atom is 0.145 e. The summed E-state index contributed by atoms with van der Waals surface area (Å²) in [5, 5.41) is 13.4. The van der Waals surface area contributed by atoms with E-state index in [0.29, 0.717) is 50.1 Å². The molecule has 0 unspecified atom stereocenters. The number of hydrogen-bond donors (Lipinski definition) is 4. The van der Waals surface area contributed by atoms with E-state index in [1.807, 2.05) is 0 Å². The molecule has 1 aromatic heterocycles. The van der Waals surface area contributed by atoms with Crippen molar-refractivity contribution in [3.05, 3.63) is 11.9 Å². The molecule has 0 spiro atoms. The molecule has 1 saturated heterocycles. The van der Waals surface area contributed by atoms with Crippen LogP contribution in [0.3, 0.4) is 0 Å². The number of rotatable bonds is 4. The van der Waals surface area contributed by atoms with Crippen LogP contribution >= 0.6 is 0 Å². The third-order valence-electron chi connectivity index (χ3n) is 3.01. The molecule has 0 amide bonds. The van der Waals surface area contributed by atoms with Gasteiger partial charge in [-0.3, -0.25) is 0 Å². The molecule has 5 N–H and O–H groups in total. The van der Waals surface area contributed by atoms with E-state index in [-0.39, 0.29) is 0 Å². The maximum atomic E-state index is 10.3. The topological polar surface area (TPSA) is 105 Å². The Kier molecular flexibility index (Phi) is 3.95. The van der Waals surface area contributed by atoms with Crippen molar-refractivity contribution in [1.29, 1.82) is 0 Å². The summed E-state index contributed by atoms with van der Waals surface area (Å²) in [6.07, 6.45) is 1.26. The highest BCUT2D eigenvalue weighted by molar-refractivity contribution is 5.46. The second-order valence-electron chi connectivity index (χ2n) is 4.52. The molecule has 2 rings (SSSR count). The molecule has 18 heavy (non-hydrogen) atoms. The second-order valence-corrected chi connectivity index (χ2v) is 4.52. The van der Waals surface area contributed by atoms with Crippen molar-refractivity contribution in [2.75, 3.05) is 30.5 Å². The minimum absolute atomic E-state index is 0.441. The fourth-order valence-electron chi connectivity index (χ4n) is 1.92. The lowest BCUT2D eigenvalue weighted by Gasteiger charge is -2.32. The standard InChI is InChI=1S/C11H19N5O2/c1-8-14-9(6-10(15-8)16-12)13-7-11(17)2-4-18-5-3-11/h6,17H,2-5,7,12H2,1H3,(H2,13,14,15,16). The lowest BCUT2D eigenvalue weighted by atomic mass is 9.94. The molecular formula is C11H19N5O2. The molecule has 0 saturated carbocycles. The Morgan fingerprint density at radius 2 is 2.06 bits per heavy atom. The number of aryl methyl sites for hydroxylation is 1. The number of anilines is 2. The summed E-state index contributed by atoms with van der Waals surface area (Å²) in [5.74, 6) is 7.13. The Morgan fingerprint density at radius 3 is 2.72 bits per heavy atom. The zero-order valence-corrected chi connectivity index (χ0v) is 10.4. The van der Waals surface area contributed by atoms with Gasteiger partial charge in [0.1, 0.15) is 17.5 Å².